The summed E-state index contributed by atoms with van der Waals surface area (Å²) < 4.78 is 0. The molecule has 3 nitrogen and oxygen atoms in total. The lowest BCUT2D eigenvalue weighted by Crippen LogP contribution is -2.12. The van der Waals surface area contributed by atoms with E-state index in [1.165, 1.54) is 5.56 Å². The fourth-order valence-corrected chi connectivity index (χ4v) is 1.83. The minimum Gasteiger partial charge on any atom is -0.397 e. The van der Waals surface area contributed by atoms with E-state index < -0.39 is 0 Å². The van der Waals surface area contributed by atoms with E-state index >= 15 is 0 Å². The summed E-state index contributed by atoms with van der Waals surface area (Å²) in [6.07, 6.45) is 0.954. The van der Waals surface area contributed by atoms with E-state index in [9.17, 15) is 4.79 Å². The molecule has 0 atom stereocenters. The van der Waals surface area contributed by atoms with Crippen molar-refractivity contribution in [2.45, 2.75) is 13.3 Å². The number of hydrogen-bond donors (Lipinski definition) is 2. The van der Waals surface area contributed by atoms with Crippen molar-refractivity contribution < 1.29 is 4.79 Å². The van der Waals surface area contributed by atoms with Gasteiger partial charge in [0.25, 0.3) is 5.91 Å². The predicted molar refractivity (Wildman–Crippen MR) is 79.6 cm³/mol. The van der Waals surface area contributed by atoms with Crippen molar-refractivity contribution in [1.29, 1.82) is 0 Å². The third kappa shape index (κ3) is 3.26. The summed E-state index contributed by atoms with van der Waals surface area (Å²) in [6, 6.07) is 12.5. The summed E-state index contributed by atoms with van der Waals surface area (Å²) in [5.74, 6) is -0.163. The van der Waals surface area contributed by atoms with Gasteiger partial charge in [-0.1, -0.05) is 30.7 Å². The molecular formula is C15H15ClN2O. The molecule has 0 aliphatic carbocycles. The first-order valence-corrected chi connectivity index (χ1v) is 6.43. The number of aryl methyl sites for hydroxylation is 1. The van der Waals surface area contributed by atoms with Crippen molar-refractivity contribution in [1.82, 2.24) is 0 Å². The Balaban J connectivity index is 2.13. The zero-order chi connectivity index (χ0) is 13.8. The van der Waals surface area contributed by atoms with Gasteiger partial charge in [0.1, 0.15) is 0 Å². The maximum atomic E-state index is 12.0. The van der Waals surface area contributed by atoms with E-state index in [1.54, 1.807) is 18.2 Å². The second-order valence-corrected chi connectivity index (χ2v) is 4.65. The van der Waals surface area contributed by atoms with Crippen LogP contribution in [0.2, 0.25) is 5.02 Å². The summed E-state index contributed by atoms with van der Waals surface area (Å²) in [4.78, 5) is 12.0. The van der Waals surface area contributed by atoms with Gasteiger partial charge >= 0.3 is 0 Å². The highest BCUT2D eigenvalue weighted by Crippen LogP contribution is 2.22. The van der Waals surface area contributed by atoms with Crippen molar-refractivity contribution in [3.63, 3.8) is 0 Å². The van der Waals surface area contributed by atoms with Crippen molar-refractivity contribution in [3.8, 4) is 0 Å². The Bertz CT molecular complexity index is 594. The number of hydrogen-bond acceptors (Lipinski definition) is 2. The molecule has 0 radical (unpaired) electrons. The molecule has 0 aromatic heterocycles. The number of halogens is 1. The van der Waals surface area contributed by atoms with Gasteiger partial charge in [0.05, 0.1) is 10.7 Å². The van der Waals surface area contributed by atoms with Crippen LogP contribution < -0.4 is 11.1 Å². The first-order valence-electron chi connectivity index (χ1n) is 6.05. The van der Waals surface area contributed by atoms with Crippen LogP contribution in [-0.2, 0) is 6.42 Å². The molecule has 1 amide bonds. The smallest absolute Gasteiger partial charge is 0.255 e. The number of nitrogens with two attached hydrogens (primary N) is 1. The fraction of sp³-hybridized carbons (Fsp3) is 0.133. The maximum Gasteiger partial charge on any atom is 0.255 e. The molecule has 0 unspecified atom stereocenters. The van der Waals surface area contributed by atoms with Crippen LogP contribution in [0.5, 0.6) is 0 Å². The third-order valence-electron chi connectivity index (χ3n) is 2.88. The molecule has 0 bridgehead atoms. The van der Waals surface area contributed by atoms with Gasteiger partial charge in [0.2, 0.25) is 0 Å². The summed E-state index contributed by atoms with van der Waals surface area (Å²) in [5.41, 5.74) is 8.58. The van der Waals surface area contributed by atoms with Gasteiger partial charge in [0.15, 0.2) is 0 Å². The molecule has 4 heteroatoms. The van der Waals surface area contributed by atoms with Crippen LogP contribution in [0.3, 0.4) is 0 Å². The van der Waals surface area contributed by atoms with E-state index in [1.807, 2.05) is 24.3 Å². The highest BCUT2D eigenvalue weighted by Gasteiger charge is 2.06. The van der Waals surface area contributed by atoms with Gasteiger partial charge in [-0.05, 0) is 42.3 Å². The molecule has 0 aliphatic heterocycles. The van der Waals surface area contributed by atoms with E-state index in [0.29, 0.717) is 22.0 Å². The highest BCUT2D eigenvalue weighted by atomic mass is 35.5. The number of carbonyl (C=O) groups excluding carboxylic acids is 1. The standard InChI is InChI=1S/C15H15ClN2O/c1-2-10-3-5-11(6-4-10)15(19)18-12-7-8-13(16)14(17)9-12/h3-9H,2,17H2,1H3,(H,18,19). The molecule has 3 N–H and O–H groups in total. The highest BCUT2D eigenvalue weighted by molar-refractivity contribution is 6.33. The van der Waals surface area contributed by atoms with Crippen LogP contribution in [0, 0.1) is 0 Å². The van der Waals surface area contributed by atoms with Crippen molar-refractivity contribution in [2.24, 2.45) is 0 Å². The molecule has 2 aromatic rings. The minimum atomic E-state index is -0.163. The lowest BCUT2D eigenvalue weighted by molar-refractivity contribution is 0.102. The fourth-order valence-electron chi connectivity index (χ4n) is 1.72. The minimum absolute atomic E-state index is 0.163. The second kappa shape index (κ2) is 5.76. The molecule has 0 fully saturated rings. The Morgan fingerprint density at radius 1 is 1.21 bits per heavy atom. The zero-order valence-corrected chi connectivity index (χ0v) is 11.4. The third-order valence-corrected chi connectivity index (χ3v) is 3.22. The second-order valence-electron chi connectivity index (χ2n) is 4.24. The predicted octanol–water partition coefficient (Wildman–Crippen LogP) is 3.74. The van der Waals surface area contributed by atoms with Gasteiger partial charge < -0.3 is 11.1 Å². The SMILES string of the molecule is CCc1ccc(C(=O)Nc2ccc(Cl)c(N)c2)cc1. The lowest BCUT2D eigenvalue weighted by atomic mass is 10.1. The van der Waals surface area contributed by atoms with E-state index in [2.05, 4.69) is 12.2 Å². The van der Waals surface area contributed by atoms with Crippen LogP contribution in [0.1, 0.15) is 22.8 Å². The first kappa shape index (κ1) is 13.4. The monoisotopic (exact) mass is 274 g/mol. The van der Waals surface area contributed by atoms with E-state index in [-0.39, 0.29) is 5.91 Å². The molecule has 2 aromatic carbocycles. The van der Waals surface area contributed by atoms with E-state index in [0.717, 1.165) is 6.42 Å². The number of rotatable bonds is 3. The zero-order valence-electron chi connectivity index (χ0n) is 10.6. The molecule has 0 heterocycles. The molecule has 0 aliphatic rings. The number of nitrogen functional groups attached to an aromatic ring is 1. The quantitative estimate of drug-likeness (QED) is 0.838. The molecule has 0 spiro atoms. The molecule has 2 rings (SSSR count). The number of anilines is 2. The summed E-state index contributed by atoms with van der Waals surface area (Å²) in [7, 11) is 0. The van der Waals surface area contributed by atoms with Gasteiger partial charge in [-0.15, -0.1) is 0 Å². The van der Waals surface area contributed by atoms with Crippen LogP contribution in [0.15, 0.2) is 42.5 Å². The average Bonchev–Trinajstić information content (AvgIpc) is 2.43. The topological polar surface area (TPSA) is 55.1 Å². The van der Waals surface area contributed by atoms with Crippen LogP contribution in [0.4, 0.5) is 11.4 Å². The molecule has 98 valence electrons. The lowest BCUT2D eigenvalue weighted by Gasteiger charge is -2.07. The number of carbonyl (C=O) groups is 1. The average molecular weight is 275 g/mol. The number of benzene rings is 2. The Kier molecular flexibility index (Phi) is 4.07. The molecule has 19 heavy (non-hydrogen) atoms. The maximum absolute atomic E-state index is 12.0. The van der Waals surface area contributed by atoms with Gasteiger partial charge in [-0.3, -0.25) is 4.79 Å². The van der Waals surface area contributed by atoms with Gasteiger partial charge in [0, 0.05) is 11.3 Å². The summed E-state index contributed by atoms with van der Waals surface area (Å²) in [6.45, 7) is 2.07. The van der Waals surface area contributed by atoms with Gasteiger partial charge in [-0.2, -0.15) is 0 Å². The summed E-state index contributed by atoms with van der Waals surface area (Å²) in [5, 5.41) is 3.26. The molecule has 0 saturated carbocycles. The normalized spacial score (nSPS) is 10.2. The van der Waals surface area contributed by atoms with Crippen molar-refractivity contribution in [3.05, 3.63) is 58.6 Å². The number of amides is 1. The molecular weight excluding hydrogens is 260 g/mol. The Morgan fingerprint density at radius 3 is 2.47 bits per heavy atom. The Morgan fingerprint density at radius 2 is 1.89 bits per heavy atom. The van der Waals surface area contributed by atoms with Crippen LogP contribution >= 0.6 is 11.6 Å². The number of nitrogens with one attached hydrogen (secondary N) is 1. The van der Waals surface area contributed by atoms with Crippen LogP contribution in [-0.4, -0.2) is 5.91 Å². The molecule has 0 saturated heterocycles. The first-order chi connectivity index (χ1) is 9.10. The van der Waals surface area contributed by atoms with Gasteiger partial charge in [-0.25, -0.2) is 0 Å². The Hall–Kier alpha value is -2.00. The largest absolute Gasteiger partial charge is 0.397 e. The van der Waals surface area contributed by atoms with Crippen LogP contribution in [0.25, 0.3) is 0 Å². The van der Waals surface area contributed by atoms with Crippen molar-refractivity contribution in [2.75, 3.05) is 11.1 Å². The summed E-state index contributed by atoms with van der Waals surface area (Å²) >= 11 is 5.83. The van der Waals surface area contributed by atoms with Crippen molar-refractivity contribution >= 4 is 28.9 Å². The van der Waals surface area contributed by atoms with E-state index in [4.69, 9.17) is 17.3 Å². The Labute approximate surface area is 117 Å².